The zero-order valence-corrected chi connectivity index (χ0v) is 16.5. The van der Waals surface area contributed by atoms with Crippen LogP contribution in [-0.4, -0.2) is 32.8 Å². The van der Waals surface area contributed by atoms with Gasteiger partial charge in [0.2, 0.25) is 10.0 Å². The second-order valence-corrected chi connectivity index (χ2v) is 8.83. The summed E-state index contributed by atoms with van der Waals surface area (Å²) < 4.78 is 26.0. The Morgan fingerprint density at radius 3 is 2.22 bits per heavy atom. The van der Waals surface area contributed by atoms with Gasteiger partial charge in [-0.05, 0) is 58.2 Å². The maximum Gasteiger partial charge on any atom is 0.255 e. The monoisotopic (exact) mass is 389 g/mol. The first-order chi connectivity index (χ1) is 12.5. The van der Waals surface area contributed by atoms with Crippen LogP contribution in [0.5, 0.6) is 0 Å². The molecule has 0 saturated carbocycles. The Kier molecular flexibility index (Phi) is 6.02. The lowest BCUT2D eigenvalue weighted by molar-refractivity contribution is 0.0920. The molecule has 0 saturated heterocycles. The maximum absolute atomic E-state index is 12.6. The van der Waals surface area contributed by atoms with Gasteiger partial charge in [0.15, 0.2) is 0 Å². The number of hydrogen-bond donors (Lipinski definition) is 3. The number of benzene rings is 2. The number of carbonyl (C=O) groups is 2. The summed E-state index contributed by atoms with van der Waals surface area (Å²) in [6.45, 7) is 5.58. The summed E-state index contributed by atoms with van der Waals surface area (Å²) in [6, 6.07) is 12.3. The van der Waals surface area contributed by atoms with Gasteiger partial charge < -0.3 is 10.6 Å². The summed E-state index contributed by atoms with van der Waals surface area (Å²) in [4.78, 5) is 25.0. The molecule has 8 heteroatoms. The quantitative estimate of drug-likeness (QED) is 0.730. The van der Waals surface area contributed by atoms with E-state index in [0.29, 0.717) is 11.3 Å². The average Bonchev–Trinajstić information content (AvgIpc) is 2.60. The minimum atomic E-state index is -3.66. The van der Waals surface area contributed by atoms with Crippen molar-refractivity contribution in [1.29, 1.82) is 0 Å². The molecular weight excluding hydrogens is 366 g/mol. The highest BCUT2D eigenvalue weighted by Crippen LogP contribution is 2.18. The number of carbonyl (C=O) groups excluding carboxylic acids is 2. The minimum Gasteiger partial charge on any atom is -0.347 e. The molecule has 0 aliphatic rings. The van der Waals surface area contributed by atoms with Crippen molar-refractivity contribution in [2.24, 2.45) is 0 Å². The zero-order chi connectivity index (χ0) is 20.2. The third kappa shape index (κ3) is 5.38. The van der Waals surface area contributed by atoms with Crippen LogP contribution in [-0.2, 0) is 10.0 Å². The van der Waals surface area contributed by atoms with Crippen LogP contribution >= 0.6 is 0 Å². The highest BCUT2D eigenvalue weighted by Gasteiger charge is 2.19. The van der Waals surface area contributed by atoms with Gasteiger partial charge in [0.1, 0.15) is 0 Å². The number of amides is 2. The Balaban J connectivity index is 2.30. The van der Waals surface area contributed by atoms with Crippen LogP contribution in [0, 0.1) is 0 Å². The smallest absolute Gasteiger partial charge is 0.255 e. The summed E-state index contributed by atoms with van der Waals surface area (Å²) in [5.41, 5.74) is 0.396. The van der Waals surface area contributed by atoms with Crippen LogP contribution in [0.4, 0.5) is 5.69 Å². The molecule has 0 radical (unpaired) electrons. The molecule has 0 atom stereocenters. The second kappa shape index (κ2) is 7.89. The predicted octanol–water partition coefficient (Wildman–Crippen LogP) is 2.38. The lowest BCUT2D eigenvalue weighted by Crippen LogP contribution is -2.40. The van der Waals surface area contributed by atoms with Gasteiger partial charge in [-0.2, -0.15) is 0 Å². The summed E-state index contributed by atoms with van der Waals surface area (Å²) in [7, 11) is -2.37. The van der Waals surface area contributed by atoms with Gasteiger partial charge in [-0.3, -0.25) is 9.59 Å². The fraction of sp³-hybridized carbons (Fsp3) is 0.263. The molecule has 0 heterocycles. The normalized spacial score (nSPS) is 11.7. The molecule has 0 bridgehead atoms. The van der Waals surface area contributed by atoms with Crippen molar-refractivity contribution < 1.29 is 18.0 Å². The molecule has 2 rings (SSSR count). The predicted molar refractivity (Wildman–Crippen MR) is 104 cm³/mol. The maximum atomic E-state index is 12.6. The molecule has 7 nitrogen and oxygen atoms in total. The van der Waals surface area contributed by atoms with E-state index in [9.17, 15) is 18.0 Å². The van der Waals surface area contributed by atoms with E-state index >= 15 is 0 Å². The van der Waals surface area contributed by atoms with Crippen LogP contribution in [0.15, 0.2) is 53.4 Å². The fourth-order valence-electron chi connectivity index (χ4n) is 2.31. The number of hydrogen-bond acceptors (Lipinski definition) is 4. The van der Waals surface area contributed by atoms with Gasteiger partial charge in [0.05, 0.1) is 16.1 Å². The summed E-state index contributed by atoms with van der Waals surface area (Å²) in [5, 5.41) is 5.52. The molecule has 2 aromatic carbocycles. The lowest BCUT2D eigenvalue weighted by atomic mass is 10.1. The topological polar surface area (TPSA) is 104 Å². The summed E-state index contributed by atoms with van der Waals surface area (Å²) >= 11 is 0. The first-order valence-electron chi connectivity index (χ1n) is 8.30. The largest absolute Gasteiger partial charge is 0.347 e. The third-order valence-electron chi connectivity index (χ3n) is 3.58. The molecule has 144 valence electrons. The molecule has 3 N–H and O–H groups in total. The van der Waals surface area contributed by atoms with Crippen molar-refractivity contribution in [3.05, 3.63) is 59.7 Å². The Morgan fingerprint density at radius 2 is 1.59 bits per heavy atom. The van der Waals surface area contributed by atoms with E-state index in [0.717, 1.165) is 0 Å². The molecule has 0 spiro atoms. The van der Waals surface area contributed by atoms with Gasteiger partial charge in [-0.15, -0.1) is 0 Å². The Bertz CT molecular complexity index is 963. The average molecular weight is 389 g/mol. The Morgan fingerprint density at radius 1 is 0.926 bits per heavy atom. The SMILES string of the molecule is CNS(=O)(=O)c1cccc(C(=O)Nc2ccccc2C(=O)NC(C)(C)C)c1. The van der Waals surface area contributed by atoms with Crippen LogP contribution < -0.4 is 15.4 Å². The minimum absolute atomic E-state index is 0.0172. The molecular formula is C19H23N3O4S. The molecule has 0 fully saturated rings. The molecule has 0 aliphatic heterocycles. The van der Waals surface area contributed by atoms with E-state index in [1.54, 1.807) is 24.3 Å². The van der Waals surface area contributed by atoms with E-state index in [-0.39, 0.29) is 16.4 Å². The second-order valence-electron chi connectivity index (χ2n) is 6.94. The van der Waals surface area contributed by atoms with E-state index < -0.39 is 21.5 Å². The van der Waals surface area contributed by atoms with E-state index in [4.69, 9.17) is 0 Å². The number of sulfonamides is 1. The number of para-hydroxylation sites is 1. The summed E-state index contributed by atoms with van der Waals surface area (Å²) in [5.74, 6) is -0.830. The first kappa shape index (κ1) is 20.6. The summed E-state index contributed by atoms with van der Waals surface area (Å²) in [6.07, 6.45) is 0. The van der Waals surface area contributed by atoms with Gasteiger partial charge in [0, 0.05) is 11.1 Å². The van der Waals surface area contributed by atoms with Crippen LogP contribution in [0.1, 0.15) is 41.5 Å². The van der Waals surface area contributed by atoms with Crippen molar-refractivity contribution in [3.63, 3.8) is 0 Å². The highest BCUT2D eigenvalue weighted by atomic mass is 32.2. The van der Waals surface area contributed by atoms with Crippen molar-refractivity contribution in [1.82, 2.24) is 10.0 Å². The lowest BCUT2D eigenvalue weighted by Gasteiger charge is -2.21. The number of nitrogens with one attached hydrogen (secondary N) is 3. The van der Waals surface area contributed by atoms with Crippen molar-refractivity contribution in [3.8, 4) is 0 Å². The Labute approximate surface area is 159 Å². The number of anilines is 1. The highest BCUT2D eigenvalue weighted by molar-refractivity contribution is 7.89. The molecule has 0 unspecified atom stereocenters. The van der Waals surface area contributed by atoms with E-state index in [2.05, 4.69) is 15.4 Å². The van der Waals surface area contributed by atoms with Crippen molar-refractivity contribution in [2.75, 3.05) is 12.4 Å². The molecule has 27 heavy (non-hydrogen) atoms. The fourth-order valence-corrected chi connectivity index (χ4v) is 3.09. The van der Waals surface area contributed by atoms with Gasteiger partial charge in [-0.1, -0.05) is 18.2 Å². The standard InChI is InChI=1S/C19H23N3O4S/c1-19(2,3)22-18(24)15-10-5-6-11-16(15)21-17(23)13-8-7-9-14(12-13)27(25,26)20-4/h5-12,20H,1-4H3,(H,21,23)(H,22,24). The molecule has 0 aliphatic carbocycles. The number of rotatable bonds is 5. The molecule has 2 amide bonds. The molecule has 2 aromatic rings. The van der Waals surface area contributed by atoms with Gasteiger partial charge >= 0.3 is 0 Å². The van der Waals surface area contributed by atoms with Crippen LogP contribution in [0.2, 0.25) is 0 Å². The van der Waals surface area contributed by atoms with E-state index in [1.165, 1.54) is 31.3 Å². The van der Waals surface area contributed by atoms with Crippen LogP contribution in [0.25, 0.3) is 0 Å². The van der Waals surface area contributed by atoms with E-state index in [1.807, 2.05) is 20.8 Å². The zero-order valence-electron chi connectivity index (χ0n) is 15.7. The van der Waals surface area contributed by atoms with Crippen molar-refractivity contribution in [2.45, 2.75) is 31.2 Å². The third-order valence-corrected chi connectivity index (χ3v) is 5.00. The van der Waals surface area contributed by atoms with Gasteiger partial charge in [-0.25, -0.2) is 13.1 Å². The van der Waals surface area contributed by atoms with Crippen LogP contribution in [0.3, 0.4) is 0 Å². The van der Waals surface area contributed by atoms with Gasteiger partial charge in [0.25, 0.3) is 11.8 Å². The molecule has 0 aromatic heterocycles. The van der Waals surface area contributed by atoms with Crippen molar-refractivity contribution >= 4 is 27.5 Å². The first-order valence-corrected chi connectivity index (χ1v) is 9.78. The Hall–Kier alpha value is -2.71.